The summed E-state index contributed by atoms with van der Waals surface area (Å²) in [6.07, 6.45) is -0.424. The maximum absolute atomic E-state index is 11.0. The Kier molecular flexibility index (Phi) is 6.30. The fourth-order valence-electron chi connectivity index (χ4n) is 4.76. The maximum Gasteiger partial charge on any atom is 0.0845 e. The largest absolute Gasteiger partial charge is 0.390 e. The first-order valence-electron chi connectivity index (χ1n) is 11.1. The third-order valence-electron chi connectivity index (χ3n) is 6.42. The van der Waals surface area contributed by atoms with Crippen molar-refractivity contribution in [1.29, 1.82) is 0 Å². The van der Waals surface area contributed by atoms with Crippen molar-refractivity contribution in [3.05, 3.63) is 75.2 Å². The molecule has 1 fully saturated rings. The number of benzene rings is 3. The van der Waals surface area contributed by atoms with Crippen LogP contribution in [0.2, 0.25) is 0 Å². The van der Waals surface area contributed by atoms with Gasteiger partial charge >= 0.3 is 0 Å². The van der Waals surface area contributed by atoms with E-state index in [1.807, 2.05) is 0 Å². The Morgan fingerprint density at radius 3 is 1.91 bits per heavy atom. The highest BCUT2D eigenvalue weighted by molar-refractivity contribution is 9.10. The SMILES string of the molecule is Cc1ccc(N2CCN(C[C@H](O)Cn3c4ccc(Br)cc4c4cc(Br)ccc43)CC2)cc1. The number of aliphatic hydroxyl groups excluding tert-OH is 1. The van der Waals surface area contributed by atoms with Gasteiger partial charge in [0.25, 0.3) is 0 Å². The van der Waals surface area contributed by atoms with E-state index in [2.05, 4.69) is 114 Å². The van der Waals surface area contributed by atoms with Gasteiger partial charge in [0.1, 0.15) is 0 Å². The molecule has 0 unspecified atom stereocenters. The Balaban J connectivity index is 1.29. The number of aryl methyl sites for hydroxylation is 1. The molecule has 1 saturated heterocycles. The zero-order valence-corrected chi connectivity index (χ0v) is 21.3. The minimum Gasteiger partial charge on any atom is -0.390 e. The summed E-state index contributed by atoms with van der Waals surface area (Å²) in [5, 5.41) is 13.4. The molecular formula is C26H27Br2N3O. The molecule has 3 aromatic carbocycles. The average molecular weight is 557 g/mol. The number of anilines is 1. The molecule has 1 N–H and O–H groups in total. The molecule has 0 bridgehead atoms. The van der Waals surface area contributed by atoms with Crippen LogP contribution in [-0.2, 0) is 6.54 Å². The van der Waals surface area contributed by atoms with Crippen LogP contribution < -0.4 is 4.90 Å². The molecule has 0 aliphatic carbocycles. The zero-order valence-electron chi connectivity index (χ0n) is 18.1. The van der Waals surface area contributed by atoms with Crippen LogP contribution in [-0.4, -0.2) is 53.4 Å². The first-order valence-corrected chi connectivity index (χ1v) is 12.7. The lowest BCUT2D eigenvalue weighted by Gasteiger charge is -2.37. The second-order valence-corrected chi connectivity index (χ2v) is 10.5. The van der Waals surface area contributed by atoms with E-state index in [1.165, 1.54) is 22.0 Å². The summed E-state index contributed by atoms with van der Waals surface area (Å²) in [5.41, 5.74) is 4.90. The number of aromatic nitrogens is 1. The molecule has 1 aliphatic rings. The van der Waals surface area contributed by atoms with Crippen molar-refractivity contribution in [2.75, 3.05) is 37.6 Å². The quantitative estimate of drug-likeness (QED) is 0.336. The van der Waals surface area contributed by atoms with Crippen LogP contribution in [0.3, 0.4) is 0 Å². The van der Waals surface area contributed by atoms with Gasteiger partial charge in [-0.15, -0.1) is 0 Å². The van der Waals surface area contributed by atoms with E-state index in [9.17, 15) is 5.11 Å². The van der Waals surface area contributed by atoms with Crippen LogP contribution in [0, 0.1) is 6.92 Å². The van der Waals surface area contributed by atoms with Gasteiger partial charge in [0.15, 0.2) is 0 Å². The van der Waals surface area contributed by atoms with Gasteiger partial charge in [0.2, 0.25) is 0 Å². The Morgan fingerprint density at radius 2 is 1.34 bits per heavy atom. The van der Waals surface area contributed by atoms with Crippen LogP contribution in [0.25, 0.3) is 21.8 Å². The molecule has 1 aliphatic heterocycles. The summed E-state index contributed by atoms with van der Waals surface area (Å²) in [6, 6.07) is 21.5. The van der Waals surface area contributed by atoms with E-state index >= 15 is 0 Å². The average Bonchev–Trinajstić information content (AvgIpc) is 3.07. The summed E-state index contributed by atoms with van der Waals surface area (Å²) in [5.74, 6) is 0. The van der Waals surface area contributed by atoms with Crippen LogP contribution >= 0.6 is 31.9 Å². The number of aliphatic hydroxyl groups is 1. The van der Waals surface area contributed by atoms with Crippen molar-refractivity contribution in [2.45, 2.75) is 19.6 Å². The molecule has 0 spiro atoms. The van der Waals surface area contributed by atoms with E-state index in [0.29, 0.717) is 13.1 Å². The summed E-state index contributed by atoms with van der Waals surface area (Å²) in [4.78, 5) is 4.82. The number of hydrogen-bond donors (Lipinski definition) is 1. The van der Waals surface area contributed by atoms with Crippen LogP contribution in [0.15, 0.2) is 69.6 Å². The minimum atomic E-state index is -0.424. The standard InChI is InChI=1S/C26H27Br2N3O/c1-18-2-6-21(7-3-18)30-12-10-29(11-13-30)16-22(32)17-31-25-8-4-19(27)14-23(25)24-15-20(28)5-9-26(24)31/h2-9,14-15,22,32H,10-13,16-17H2,1H3/t22-/m0/s1. The summed E-state index contributed by atoms with van der Waals surface area (Å²) >= 11 is 7.21. The first-order chi connectivity index (χ1) is 15.5. The van der Waals surface area contributed by atoms with Gasteiger partial charge in [0.05, 0.1) is 12.6 Å². The molecule has 0 saturated carbocycles. The number of piperazine rings is 1. The predicted octanol–water partition coefficient (Wildman–Crippen LogP) is 5.81. The monoisotopic (exact) mass is 555 g/mol. The number of fused-ring (bicyclic) bond motifs is 3. The normalized spacial score (nSPS) is 16.2. The van der Waals surface area contributed by atoms with Crippen LogP contribution in [0.5, 0.6) is 0 Å². The number of nitrogens with zero attached hydrogens (tertiary/aromatic N) is 3. The molecule has 166 valence electrons. The zero-order chi connectivity index (χ0) is 22.2. The number of hydrogen-bond acceptors (Lipinski definition) is 3. The molecule has 2 heterocycles. The van der Waals surface area contributed by atoms with Crippen LogP contribution in [0.1, 0.15) is 5.56 Å². The summed E-state index contributed by atoms with van der Waals surface area (Å²) in [6.45, 7) is 7.33. The molecule has 6 heteroatoms. The van der Waals surface area contributed by atoms with Gasteiger partial charge < -0.3 is 14.6 Å². The van der Waals surface area contributed by atoms with Crippen molar-refractivity contribution in [3.63, 3.8) is 0 Å². The third kappa shape index (κ3) is 4.46. The van der Waals surface area contributed by atoms with Crippen LogP contribution in [0.4, 0.5) is 5.69 Å². The fourth-order valence-corrected chi connectivity index (χ4v) is 5.48. The Morgan fingerprint density at radius 1 is 0.781 bits per heavy atom. The lowest BCUT2D eigenvalue weighted by Crippen LogP contribution is -2.49. The number of halogens is 2. The molecule has 32 heavy (non-hydrogen) atoms. The highest BCUT2D eigenvalue weighted by Gasteiger charge is 2.21. The van der Waals surface area contributed by atoms with E-state index in [-0.39, 0.29) is 0 Å². The number of rotatable bonds is 5. The second kappa shape index (κ2) is 9.18. The molecule has 4 nitrogen and oxygen atoms in total. The van der Waals surface area contributed by atoms with E-state index < -0.39 is 6.10 Å². The third-order valence-corrected chi connectivity index (χ3v) is 7.41. The number of β-amino-alcohol motifs (C(OH)–C–C–N with tert-alkyl or cyclic N) is 1. The van der Waals surface area contributed by atoms with E-state index in [0.717, 1.165) is 46.2 Å². The topological polar surface area (TPSA) is 31.6 Å². The van der Waals surface area contributed by atoms with Crippen molar-refractivity contribution in [1.82, 2.24) is 9.47 Å². The first kappa shape index (κ1) is 22.0. The van der Waals surface area contributed by atoms with E-state index in [1.54, 1.807) is 0 Å². The molecular weight excluding hydrogens is 530 g/mol. The van der Waals surface area contributed by atoms with Crippen molar-refractivity contribution in [3.8, 4) is 0 Å². The molecule has 1 atom stereocenters. The molecule has 1 aromatic heterocycles. The Hall–Kier alpha value is -1.86. The smallest absolute Gasteiger partial charge is 0.0845 e. The van der Waals surface area contributed by atoms with Gasteiger partial charge in [0, 0.05) is 69.2 Å². The fraction of sp³-hybridized carbons (Fsp3) is 0.308. The highest BCUT2D eigenvalue weighted by Crippen LogP contribution is 2.33. The summed E-state index contributed by atoms with van der Waals surface area (Å²) in [7, 11) is 0. The molecule has 4 aromatic rings. The van der Waals surface area contributed by atoms with E-state index in [4.69, 9.17) is 0 Å². The van der Waals surface area contributed by atoms with Crippen molar-refractivity contribution < 1.29 is 5.11 Å². The van der Waals surface area contributed by atoms with Gasteiger partial charge in [-0.25, -0.2) is 0 Å². The Labute approximate surface area is 205 Å². The minimum absolute atomic E-state index is 0.424. The Bertz CT molecular complexity index is 1180. The van der Waals surface area contributed by atoms with Crippen molar-refractivity contribution in [2.24, 2.45) is 0 Å². The van der Waals surface area contributed by atoms with Gasteiger partial charge in [-0.1, -0.05) is 49.6 Å². The highest BCUT2D eigenvalue weighted by atomic mass is 79.9. The molecule has 0 amide bonds. The molecule has 0 radical (unpaired) electrons. The maximum atomic E-state index is 11.0. The van der Waals surface area contributed by atoms with Gasteiger partial charge in [-0.2, -0.15) is 0 Å². The van der Waals surface area contributed by atoms with Gasteiger partial charge in [-0.3, -0.25) is 4.90 Å². The van der Waals surface area contributed by atoms with Gasteiger partial charge in [-0.05, 0) is 55.5 Å². The lowest BCUT2D eigenvalue weighted by molar-refractivity contribution is 0.0969. The molecule has 5 rings (SSSR count). The van der Waals surface area contributed by atoms with Crippen molar-refractivity contribution >= 4 is 59.4 Å². The predicted molar refractivity (Wildman–Crippen MR) is 141 cm³/mol. The second-order valence-electron chi connectivity index (χ2n) is 8.71. The lowest BCUT2D eigenvalue weighted by atomic mass is 10.2. The summed E-state index contributed by atoms with van der Waals surface area (Å²) < 4.78 is 4.39.